The molecule has 0 aliphatic rings. The summed E-state index contributed by atoms with van der Waals surface area (Å²) in [5.41, 5.74) is 3.08. The molecule has 0 saturated heterocycles. The van der Waals surface area contributed by atoms with E-state index in [4.69, 9.17) is 75.8 Å². The van der Waals surface area contributed by atoms with E-state index in [0.717, 1.165) is 0 Å². The Morgan fingerprint density at radius 2 is 0.317 bits per heavy atom. The van der Waals surface area contributed by atoms with Gasteiger partial charge in [0.1, 0.15) is 98.9 Å². The Morgan fingerprint density at radius 3 is 0.439 bits per heavy atom. The predicted molar refractivity (Wildman–Crippen MR) is 298 cm³/mol. The number of benzene rings is 4. The van der Waals surface area contributed by atoms with Crippen molar-refractivity contribution in [1.82, 2.24) is 0 Å². The van der Waals surface area contributed by atoms with Crippen LogP contribution in [0.5, 0.6) is 46.0 Å². The summed E-state index contributed by atoms with van der Waals surface area (Å²) < 4.78 is 95.4. The Labute approximate surface area is 478 Å². The summed E-state index contributed by atoms with van der Waals surface area (Å²) >= 11 is 0. The Balaban J connectivity index is 2.23. The molecule has 82 heavy (non-hydrogen) atoms. The molecular weight excluding hydrogens is 1080 g/mol. The number of rotatable bonds is 52. The number of hydrogen-bond donors (Lipinski definition) is 8. The summed E-state index contributed by atoms with van der Waals surface area (Å²) in [6.07, 6.45) is 0. The smallest absolute Gasteiger partial charge is 0.123 e. The molecule has 0 aliphatic carbocycles. The second-order valence-electron chi connectivity index (χ2n) is 17.0. The molecular formula is C58H84O24. The van der Waals surface area contributed by atoms with Crippen LogP contribution in [0.4, 0.5) is 0 Å². The zero-order valence-electron chi connectivity index (χ0n) is 46.7. The molecule has 0 spiro atoms. The van der Waals surface area contributed by atoms with Crippen molar-refractivity contribution in [3.63, 3.8) is 0 Å². The van der Waals surface area contributed by atoms with Gasteiger partial charge in [0.2, 0.25) is 0 Å². The highest BCUT2D eigenvalue weighted by molar-refractivity contribution is 6.05. The molecule has 24 nitrogen and oxygen atoms in total. The normalized spacial score (nSPS) is 11.2. The lowest BCUT2D eigenvalue weighted by atomic mass is 9.85. The molecule has 0 aromatic heterocycles. The van der Waals surface area contributed by atoms with Crippen LogP contribution in [0.25, 0.3) is 11.1 Å². The first-order valence-corrected chi connectivity index (χ1v) is 27.3. The van der Waals surface area contributed by atoms with Gasteiger partial charge in [-0.15, -0.1) is 0 Å². The molecule has 0 amide bonds. The second-order valence-corrected chi connectivity index (χ2v) is 17.0. The highest BCUT2D eigenvalue weighted by Crippen LogP contribution is 2.45. The molecule has 0 fully saturated rings. The van der Waals surface area contributed by atoms with E-state index in [1.165, 1.54) is 0 Å². The van der Waals surface area contributed by atoms with Crippen molar-refractivity contribution < 1.29 is 117 Å². The molecule has 0 atom stereocenters. The van der Waals surface area contributed by atoms with Crippen molar-refractivity contribution in [2.75, 3.05) is 211 Å². The summed E-state index contributed by atoms with van der Waals surface area (Å²) in [5, 5.41) is 75.4. The van der Waals surface area contributed by atoms with Crippen molar-refractivity contribution in [2.24, 2.45) is 0 Å². The van der Waals surface area contributed by atoms with E-state index in [1.54, 1.807) is 24.3 Å². The lowest BCUT2D eigenvalue weighted by molar-refractivity contribution is 0.0689. The topological polar surface area (TPSA) is 310 Å². The molecule has 0 aliphatic heterocycles. The first kappa shape index (κ1) is 68.9. The monoisotopic (exact) mass is 1160 g/mol. The maximum absolute atomic E-state index is 9.42. The van der Waals surface area contributed by atoms with Gasteiger partial charge in [0.05, 0.1) is 159 Å². The van der Waals surface area contributed by atoms with Crippen molar-refractivity contribution in [1.29, 1.82) is 0 Å². The SMILES string of the molecule is OCCOCCOc1cc(OCCOCCO)cc(C(=C(c2cc(OCCOCCO)cc(OCCOCCO)c2)c2cc(OCCOCCO)cc(OCCOCCO)c2)c2cc(OCCOCCO)cc(OCCOCCO)c2)c1. The van der Waals surface area contributed by atoms with Crippen molar-refractivity contribution in [3.8, 4) is 46.0 Å². The lowest BCUT2D eigenvalue weighted by Gasteiger charge is -2.23. The number of hydrogen-bond acceptors (Lipinski definition) is 24. The van der Waals surface area contributed by atoms with Crippen LogP contribution in [0, 0.1) is 0 Å². The van der Waals surface area contributed by atoms with Gasteiger partial charge in [-0.1, -0.05) is 0 Å². The van der Waals surface area contributed by atoms with Crippen LogP contribution >= 0.6 is 0 Å². The highest BCUT2D eigenvalue weighted by atomic mass is 16.6. The Bertz CT molecular complexity index is 1860. The van der Waals surface area contributed by atoms with E-state index in [1.807, 2.05) is 48.5 Å². The molecule has 4 aromatic rings. The minimum atomic E-state index is -0.176. The third kappa shape index (κ3) is 28.6. The van der Waals surface area contributed by atoms with Crippen molar-refractivity contribution in [3.05, 3.63) is 95.1 Å². The average Bonchev–Trinajstić information content (AvgIpc) is 3.67. The maximum Gasteiger partial charge on any atom is 0.123 e. The maximum atomic E-state index is 9.42. The fraction of sp³-hybridized carbons (Fsp3) is 0.552. The molecule has 4 rings (SSSR count). The van der Waals surface area contributed by atoms with Gasteiger partial charge < -0.3 is 117 Å². The van der Waals surface area contributed by atoms with E-state index < -0.39 is 0 Å². The molecule has 0 radical (unpaired) electrons. The van der Waals surface area contributed by atoms with E-state index in [2.05, 4.69) is 0 Å². The Hall–Kier alpha value is -5.62. The van der Waals surface area contributed by atoms with Gasteiger partial charge in [0.25, 0.3) is 0 Å². The number of aliphatic hydroxyl groups is 8. The van der Waals surface area contributed by atoms with Crippen molar-refractivity contribution >= 4 is 11.1 Å². The molecule has 8 N–H and O–H groups in total. The standard InChI is InChI=1S/C58H84O24/c59-1-9-67-17-25-75-49-33-45(34-50(41-49)76-26-18-68-10-2-60)57(46-35-51(77-27-19-69-11-3-61)42-52(36-46)78-28-20-70-12-4-62)58(47-37-53(79-29-21-71-13-5-63)43-54(38-47)80-30-22-72-14-6-64)48-39-55(81-31-23-73-15-7-65)44-56(40-48)82-32-24-74-16-8-66/h33-44,59-66H,1-32H2. The summed E-state index contributed by atoms with van der Waals surface area (Å²) in [6.45, 7) is 1.24. The van der Waals surface area contributed by atoms with E-state index >= 15 is 0 Å². The minimum absolute atomic E-state index is 0.0840. The third-order valence-corrected chi connectivity index (χ3v) is 10.8. The van der Waals surface area contributed by atoms with Crippen LogP contribution in [-0.4, -0.2) is 252 Å². The molecule has 0 bridgehead atoms. The van der Waals surface area contributed by atoms with E-state index in [0.29, 0.717) is 79.4 Å². The zero-order chi connectivity index (χ0) is 58.5. The van der Waals surface area contributed by atoms with Crippen LogP contribution in [0.2, 0.25) is 0 Å². The van der Waals surface area contributed by atoms with E-state index in [-0.39, 0.29) is 211 Å². The average molecular weight is 1170 g/mol. The first-order chi connectivity index (χ1) is 40.4. The summed E-state index contributed by atoms with van der Waals surface area (Å²) in [5.74, 6) is 2.87. The third-order valence-electron chi connectivity index (χ3n) is 10.8. The zero-order valence-corrected chi connectivity index (χ0v) is 46.7. The van der Waals surface area contributed by atoms with Gasteiger partial charge >= 0.3 is 0 Å². The second kappa shape index (κ2) is 44.9. The van der Waals surface area contributed by atoms with Gasteiger partial charge in [0, 0.05) is 24.3 Å². The van der Waals surface area contributed by atoms with Gasteiger partial charge in [-0.25, -0.2) is 0 Å². The van der Waals surface area contributed by atoms with Crippen LogP contribution in [-0.2, 0) is 37.9 Å². The quantitative estimate of drug-likeness (QED) is 0.0231. The molecule has 24 heteroatoms. The van der Waals surface area contributed by atoms with Gasteiger partial charge in [0.15, 0.2) is 0 Å². The first-order valence-electron chi connectivity index (χ1n) is 27.3. The minimum Gasteiger partial charge on any atom is -0.491 e. The van der Waals surface area contributed by atoms with E-state index in [9.17, 15) is 40.9 Å². The molecule has 0 unspecified atom stereocenters. The van der Waals surface area contributed by atoms with Crippen LogP contribution in [0.3, 0.4) is 0 Å². The molecule has 0 saturated carbocycles. The number of ether oxygens (including phenoxy) is 16. The summed E-state index contributed by atoms with van der Waals surface area (Å²) in [4.78, 5) is 0. The van der Waals surface area contributed by atoms with Gasteiger partial charge in [-0.2, -0.15) is 0 Å². The highest BCUT2D eigenvalue weighted by Gasteiger charge is 2.24. The summed E-state index contributed by atoms with van der Waals surface area (Å²) in [6, 6.07) is 21.4. The number of aliphatic hydroxyl groups excluding tert-OH is 8. The van der Waals surface area contributed by atoms with Crippen LogP contribution < -0.4 is 37.9 Å². The molecule has 460 valence electrons. The fourth-order valence-electron chi connectivity index (χ4n) is 7.52. The molecule has 4 aromatic carbocycles. The largest absolute Gasteiger partial charge is 0.491 e. The lowest BCUT2D eigenvalue weighted by Crippen LogP contribution is -2.12. The fourth-order valence-corrected chi connectivity index (χ4v) is 7.52. The summed E-state index contributed by atoms with van der Waals surface area (Å²) in [7, 11) is 0. The predicted octanol–water partition coefficient (Wildman–Crippen LogP) is 1.80. The van der Waals surface area contributed by atoms with Crippen molar-refractivity contribution in [2.45, 2.75) is 0 Å². The van der Waals surface area contributed by atoms with Gasteiger partial charge in [-0.3, -0.25) is 0 Å². The van der Waals surface area contributed by atoms with Crippen LogP contribution in [0.15, 0.2) is 72.8 Å². The molecule has 0 heterocycles. The van der Waals surface area contributed by atoms with Gasteiger partial charge in [-0.05, 0) is 81.9 Å². The van der Waals surface area contributed by atoms with Crippen LogP contribution in [0.1, 0.15) is 22.3 Å². The Kier molecular flexibility index (Phi) is 37.7. The Morgan fingerprint density at radius 1 is 0.183 bits per heavy atom.